The van der Waals surface area contributed by atoms with Gasteiger partial charge in [-0.05, 0) is 44.0 Å². The molecule has 34 heavy (non-hydrogen) atoms. The van der Waals surface area contributed by atoms with Crippen molar-refractivity contribution in [3.05, 3.63) is 58.4 Å². The van der Waals surface area contributed by atoms with Crippen LogP contribution in [-0.4, -0.2) is 44.6 Å². The molecule has 8 nitrogen and oxygen atoms in total. The Morgan fingerprint density at radius 3 is 2.50 bits per heavy atom. The number of rotatable bonds is 4. The van der Waals surface area contributed by atoms with Crippen molar-refractivity contribution in [3.63, 3.8) is 0 Å². The SMILES string of the molecule is COC(=O)C1CCc2c(cnn2-c2ccc(F)cc2)N1C(=O)Cn1nc(C(F)(F)F)c(Cl)c1C. The van der Waals surface area contributed by atoms with E-state index in [0.29, 0.717) is 23.5 Å². The fourth-order valence-corrected chi connectivity index (χ4v) is 4.15. The Kier molecular flexibility index (Phi) is 6.11. The van der Waals surface area contributed by atoms with Gasteiger partial charge in [-0.3, -0.25) is 14.4 Å². The van der Waals surface area contributed by atoms with E-state index in [9.17, 15) is 27.2 Å². The summed E-state index contributed by atoms with van der Waals surface area (Å²) < 4.78 is 60.1. The van der Waals surface area contributed by atoms with E-state index >= 15 is 0 Å². The number of nitrogens with zero attached hydrogens (tertiary/aromatic N) is 5. The van der Waals surface area contributed by atoms with Crippen molar-refractivity contribution >= 4 is 29.2 Å². The molecule has 0 N–H and O–H groups in total. The number of hydrogen-bond donors (Lipinski definition) is 0. The number of methoxy groups -OCH3 is 1. The van der Waals surface area contributed by atoms with Crippen LogP contribution < -0.4 is 4.90 Å². The van der Waals surface area contributed by atoms with Gasteiger partial charge in [-0.25, -0.2) is 13.9 Å². The zero-order chi connectivity index (χ0) is 24.8. The monoisotopic (exact) mass is 499 g/mol. The Morgan fingerprint density at radius 1 is 1.24 bits per heavy atom. The van der Waals surface area contributed by atoms with Crippen molar-refractivity contribution in [2.24, 2.45) is 0 Å². The minimum atomic E-state index is -4.79. The lowest BCUT2D eigenvalue weighted by molar-refractivity contribution is -0.144. The number of carbonyl (C=O) groups excluding carboxylic acids is 2. The Labute approximate surface area is 195 Å². The van der Waals surface area contributed by atoms with Gasteiger partial charge in [0, 0.05) is 0 Å². The second kappa shape index (κ2) is 8.75. The van der Waals surface area contributed by atoms with Crippen LogP contribution in [0.3, 0.4) is 0 Å². The lowest BCUT2D eigenvalue weighted by atomic mass is 10.0. The second-order valence-corrected chi connectivity index (χ2v) is 7.99. The van der Waals surface area contributed by atoms with Crippen molar-refractivity contribution in [2.45, 2.75) is 38.5 Å². The zero-order valence-corrected chi connectivity index (χ0v) is 18.7. The number of anilines is 1. The number of fused-ring (bicyclic) bond motifs is 1. The second-order valence-electron chi connectivity index (χ2n) is 7.61. The molecule has 3 aromatic rings. The van der Waals surface area contributed by atoms with E-state index in [-0.39, 0.29) is 12.1 Å². The van der Waals surface area contributed by atoms with Crippen LogP contribution in [0, 0.1) is 12.7 Å². The van der Waals surface area contributed by atoms with E-state index in [1.807, 2.05) is 0 Å². The molecule has 1 atom stereocenters. The Balaban J connectivity index is 1.73. The zero-order valence-electron chi connectivity index (χ0n) is 17.9. The molecule has 1 aliphatic rings. The van der Waals surface area contributed by atoms with E-state index in [1.165, 1.54) is 49.2 Å². The van der Waals surface area contributed by atoms with Gasteiger partial charge < -0.3 is 4.74 Å². The van der Waals surface area contributed by atoms with Crippen LogP contribution in [0.1, 0.15) is 23.5 Å². The topological polar surface area (TPSA) is 82.3 Å². The van der Waals surface area contributed by atoms with Crippen molar-refractivity contribution in [3.8, 4) is 5.69 Å². The van der Waals surface area contributed by atoms with Crippen molar-refractivity contribution < 1.29 is 31.9 Å². The first-order chi connectivity index (χ1) is 16.0. The van der Waals surface area contributed by atoms with Gasteiger partial charge >= 0.3 is 12.1 Å². The molecule has 1 aliphatic heterocycles. The van der Waals surface area contributed by atoms with E-state index in [2.05, 4.69) is 10.2 Å². The number of carbonyl (C=O) groups is 2. The van der Waals surface area contributed by atoms with Crippen LogP contribution in [0.4, 0.5) is 23.2 Å². The largest absolute Gasteiger partial charge is 0.467 e. The molecule has 0 saturated carbocycles. The van der Waals surface area contributed by atoms with Crippen molar-refractivity contribution in [1.82, 2.24) is 19.6 Å². The number of hydrogen-bond acceptors (Lipinski definition) is 5. The number of benzene rings is 1. The molecule has 1 unspecified atom stereocenters. The van der Waals surface area contributed by atoms with E-state index < -0.39 is 47.2 Å². The third-order valence-corrected chi connectivity index (χ3v) is 6.03. The summed E-state index contributed by atoms with van der Waals surface area (Å²) in [5, 5.41) is 7.14. The van der Waals surface area contributed by atoms with Crippen LogP contribution >= 0.6 is 11.6 Å². The fourth-order valence-electron chi connectivity index (χ4n) is 3.91. The molecular formula is C21H18ClF4N5O3. The van der Waals surface area contributed by atoms with E-state index in [1.54, 1.807) is 0 Å². The maximum absolute atomic E-state index is 13.3. The highest BCUT2D eigenvalue weighted by molar-refractivity contribution is 6.32. The lowest BCUT2D eigenvalue weighted by Crippen LogP contribution is -2.50. The average Bonchev–Trinajstić information content (AvgIpc) is 3.34. The summed E-state index contributed by atoms with van der Waals surface area (Å²) in [5.74, 6) is -1.82. The molecule has 1 amide bonds. The standard InChI is InChI=1S/C21H18ClF4N5O3/c1-11-18(22)19(21(24,25)26)28-29(11)10-17(32)30-15(20(33)34-2)8-7-14-16(30)9-27-31(14)13-5-3-12(23)4-6-13/h3-6,9,15H,7-8,10H2,1-2H3. The minimum Gasteiger partial charge on any atom is -0.467 e. The van der Waals surface area contributed by atoms with E-state index in [4.69, 9.17) is 16.3 Å². The third-order valence-electron chi connectivity index (χ3n) is 5.57. The number of alkyl halides is 3. The summed E-state index contributed by atoms with van der Waals surface area (Å²) in [5.41, 5.74) is 0.0639. The minimum absolute atomic E-state index is 0.0452. The van der Waals surface area contributed by atoms with Gasteiger partial charge in [-0.1, -0.05) is 11.6 Å². The molecule has 3 heterocycles. The Bertz CT molecular complexity index is 1250. The molecule has 2 aromatic heterocycles. The normalized spacial score (nSPS) is 15.9. The number of ether oxygens (including phenoxy) is 1. The summed E-state index contributed by atoms with van der Waals surface area (Å²) in [4.78, 5) is 26.9. The van der Waals surface area contributed by atoms with Crippen LogP contribution in [0.25, 0.3) is 5.69 Å². The molecule has 0 bridgehead atoms. The van der Waals surface area contributed by atoms with Crippen molar-refractivity contribution in [2.75, 3.05) is 12.0 Å². The van der Waals surface area contributed by atoms with Gasteiger partial charge in [0.2, 0.25) is 5.91 Å². The lowest BCUT2D eigenvalue weighted by Gasteiger charge is -2.33. The van der Waals surface area contributed by atoms with Crippen molar-refractivity contribution in [1.29, 1.82) is 0 Å². The molecule has 0 radical (unpaired) electrons. The predicted octanol–water partition coefficient (Wildman–Crippen LogP) is 3.71. The number of halogens is 5. The molecule has 1 aromatic carbocycles. The fraction of sp³-hybridized carbons (Fsp3) is 0.333. The third kappa shape index (κ3) is 4.13. The Hall–Kier alpha value is -3.41. The number of esters is 1. The van der Waals surface area contributed by atoms with Crippen LogP contribution in [0.15, 0.2) is 30.5 Å². The van der Waals surface area contributed by atoms with Gasteiger partial charge in [0.1, 0.15) is 18.4 Å². The number of amides is 1. The first-order valence-electron chi connectivity index (χ1n) is 10.1. The van der Waals surface area contributed by atoms with Gasteiger partial charge in [-0.15, -0.1) is 0 Å². The molecule has 4 rings (SSSR count). The molecule has 180 valence electrons. The van der Waals surface area contributed by atoms with Gasteiger partial charge in [0.25, 0.3) is 0 Å². The highest BCUT2D eigenvalue weighted by atomic mass is 35.5. The van der Waals surface area contributed by atoms with E-state index in [0.717, 1.165) is 9.58 Å². The highest BCUT2D eigenvalue weighted by Crippen LogP contribution is 2.36. The van der Waals surface area contributed by atoms with Gasteiger partial charge in [-0.2, -0.15) is 23.4 Å². The molecule has 0 aliphatic carbocycles. The molecule has 0 spiro atoms. The van der Waals surface area contributed by atoms with Crippen LogP contribution in [0.5, 0.6) is 0 Å². The highest BCUT2D eigenvalue weighted by Gasteiger charge is 2.41. The first kappa shape index (κ1) is 23.7. The van der Waals surface area contributed by atoms with Gasteiger partial charge in [0.05, 0.1) is 41.1 Å². The summed E-state index contributed by atoms with van der Waals surface area (Å²) >= 11 is 5.79. The molecule has 13 heteroatoms. The summed E-state index contributed by atoms with van der Waals surface area (Å²) in [6.07, 6.45) is -2.89. The summed E-state index contributed by atoms with van der Waals surface area (Å²) in [6.45, 7) is 0.708. The molecular weight excluding hydrogens is 482 g/mol. The quantitative estimate of drug-likeness (QED) is 0.404. The summed E-state index contributed by atoms with van der Waals surface area (Å²) in [6, 6.07) is 4.53. The van der Waals surface area contributed by atoms with Crippen LogP contribution in [-0.2, 0) is 33.5 Å². The molecule has 0 saturated heterocycles. The average molecular weight is 500 g/mol. The van der Waals surface area contributed by atoms with Gasteiger partial charge in [0.15, 0.2) is 5.69 Å². The summed E-state index contributed by atoms with van der Waals surface area (Å²) in [7, 11) is 1.18. The van der Waals surface area contributed by atoms with Crippen LogP contribution in [0.2, 0.25) is 5.02 Å². The molecule has 0 fully saturated rings. The maximum Gasteiger partial charge on any atom is 0.436 e. The Morgan fingerprint density at radius 2 is 1.91 bits per heavy atom. The smallest absolute Gasteiger partial charge is 0.436 e. The first-order valence-corrected chi connectivity index (χ1v) is 10.4. The predicted molar refractivity (Wildman–Crippen MR) is 112 cm³/mol. The number of aromatic nitrogens is 4. The maximum atomic E-state index is 13.3.